The Morgan fingerprint density at radius 2 is 1.64 bits per heavy atom. The molecular formula is C20H19N5. The second-order valence-corrected chi connectivity index (χ2v) is 5.81. The Balaban J connectivity index is 1.76. The van der Waals surface area contributed by atoms with Crippen LogP contribution in [0.3, 0.4) is 0 Å². The van der Waals surface area contributed by atoms with E-state index in [2.05, 4.69) is 40.6 Å². The predicted molar refractivity (Wildman–Crippen MR) is 102 cm³/mol. The van der Waals surface area contributed by atoms with E-state index in [1.165, 1.54) is 0 Å². The first-order valence-electron chi connectivity index (χ1n) is 8.19. The lowest BCUT2D eigenvalue weighted by molar-refractivity contribution is 0.948. The summed E-state index contributed by atoms with van der Waals surface area (Å²) in [6.45, 7) is 0. The van der Waals surface area contributed by atoms with Gasteiger partial charge in [0.1, 0.15) is 0 Å². The third kappa shape index (κ3) is 2.80. The van der Waals surface area contributed by atoms with Gasteiger partial charge in [-0.25, -0.2) is 4.52 Å². The van der Waals surface area contributed by atoms with E-state index in [1.807, 2.05) is 66.0 Å². The van der Waals surface area contributed by atoms with Crippen molar-refractivity contribution >= 4 is 23.0 Å². The van der Waals surface area contributed by atoms with E-state index in [-0.39, 0.29) is 0 Å². The van der Waals surface area contributed by atoms with Crippen LogP contribution in [0.15, 0.2) is 72.8 Å². The lowest BCUT2D eigenvalue weighted by Crippen LogP contribution is -2.11. The molecule has 0 bridgehead atoms. The Labute approximate surface area is 146 Å². The van der Waals surface area contributed by atoms with Gasteiger partial charge in [0.05, 0.1) is 5.69 Å². The molecule has 2 heterocycles. The average molecular weight is 329 g/mol. The van der Waals surface area contributed by atoms with Gasteiger partial charge in [-0.1, -0.05) is 36.4 Å². The molecule has 0 aliphatic carbocycles. The van der Waals surface area contributed by atoms with Crippen LogP contribution in [0.2, 0.25) is 0 Å². The van der Waals surface area contributed by atoms with E-state index in [0.29, 0.717) is 5.95 Å². The largest absolute Gasteiger partial charge is 0.388 e. The molecule has 5 heteroatoms. The molecule has 5 nitrogen and oxygen atoms in total. The van der Waals surface area contributed by atoms with Crippen LogP contribution in [-0.4, -0.2) is 28.7 Å². The van der Waals surface area contributed by atoms with Gasteiger partial charge in [0, 0.05) is 31.0 Å². The monoisotopic (exact) mass is 329 g/mol. The molecule has 0 radical (unpaired) electrons. The lowest BCUT2D eigenvalue weighted by Gasteiger charge is -2.15. The minimum Gasteiger partial charge on any atom is -0.388 e. The summed E-state index contributed by atoms with van der Waals surface area (Å²) in [4.78, 5) is 6.67. The molecular weight excluding hydrogens is 310 g/mol. The number of benzene rings is 2. The van der Waals surface area contributed by atoms with E-state index in [1.54, 1.807) is 0 Å². The van der Waals surface area contributed by atoms with Gasteiger partial charge in [0.25, 0.3) is 0 Å². The smallest absolute Gasteiger partial charge is 0.249 e. The van der Waals surface area contributed by atoms with Gasteiger partial charge < -0.3 is 10.2 Å². The fourth-order valence-electron chi connectivity index (χ4n) is 2.83. The van der Waals surface area contributed by atoms with Gasteiger partial charge in [-0.2, -0.15) is 4.98 Å². The van der Waals surface area contributed by atoms with Crippen molar-refractivity contribution in [2.45, 2.75) is 0 Å². The summed E-state index contributed by atoms with van der Waals surface area (Å²) in [7, 11) is 3.89. The summed E-state index contributed by atoms with van der Waals surface area (Å²) < 4.78 is 1.89. The summed E-state index contributed by atoms with van der Waals surface area (Å²) in [5, 5.41) is 7.85. The Morgan fingerprint density at radius 3 is 2.36 bits per heavy atom. The van der Waals surface area contributed by atoms with Crippen LogP contribution in [0.5, 0.6) is 0 Å². The van der Waals surface area contributed by atoms with Crippen LogP contribution in [-0.2, 0) is 0 Å². The molecule has 124 valence electrons. The van der Waals surface area contributed by atoms with E-state index < -0.39 is 0 Å². The van der Waals surface area contributed by atoms with Gasteiger partial charge in [-0.15, -0.1) is 5.10 Å². The molecule has 0 fully saturated rings. The molecule has 25 heavy (non-hydrogen) atoms. The number of fused-ring (bicyclic) bond motifs is 1. The lowest BCUT2D eigenvalue weighted by atomic mass is 10.1. The van der Waals surface area contributed by atoms with Crippen molar-refractivity contribution in [1.29, 1.82) is 0 Å². The molecule has 0 amide bonds. The zero-order chi connectivity index (χ0) is 17.2. The van der Waals surface area contributed by atoms with E-state index in [4.69, 9.17) is 5.10 Å². The first kappa shape index (κ1) is 15.2. The van der Waals surface area contributed by atoms with Crippen molar-refractivity contribution in [3.8, 4) is 11.3 Å². The minimum atomic E-state index is 0.667. The maximum Gasteiger partial charge on any atom is 0.249 e. The van der Waals surface area contributed by atoms with E-state index in [9.17, 15) is 0 Å². The van der Waals surface area contributed by atoms with Crippen LogP contribution in [0.25, 0.3) is 16.9 Å². The van der Waals surface area contributed by atoms with Crippen molar-refractivity contribution < 1.29 is 0 Å². The highest BCUT2D eigenvalue weighted by molar-refractivity contribution is 5.66. The minimum absolute atomic E-state index is 0.667. The Bertz CT molecular complexity index is 990. The van der Waals surface area contributed by atoms with Gasteiger partial charge in [-0.05, 0) is 36.4 Å². The maximum atomic E-state index is 4.72. The van der Waals surface area contributed by atoms with Gasteiger partial charge in [0.15, 0.2) is 5.65 Å². The number of pyridine rings is 1. The zero-order valence-electron chi connectivity index (χ0n) is 14.2. The molecule has 4 rings (SSSR count). The average Bonchev–Trinajstić information content (AvgIpc) is 3.12. The topological polar surface area (TPSA) is 45.5 Å². The van der Waals surface area contributed by atoms with Crippen molar-refractivity contribution in [2.75, 3.05) is 24.3 Å². The molecule has 0 aliphatic heterocycles. The summed E-state index contributed by atoms with van der Waals surface area (Å²) in [6, 6.07) is 24.5. The quantitative estimate of drug-likeness (QED) is 0.609. The van der Waals surface area contributed by atoms with E-state index in [0.717, 1.165) is 28.3 Å². The van der Waals surface area contributed by atoms with Gasteiger partial charge in [-0.3, -0.25) is 0 Å². The Hall–Kier alpha value is -3.34. The molecule has 0 saturated heterocycles. The fourth-order valence-corrected chi connectivity index (χ4v) is 2.83. The van der Waals surface area contributed by atoms with Crippen LogP contribution < -0.4 is 10.2 Å². The molecule has 2 aromatic carbocycles. The number of hydrogen-bond donors (Lipinski definition) is 1. The number of rotatable bonds is 4. The molecule has 2 aromatic heterocycles. The Morgan fingerprint density at radius 1 is 0.880 bits per heavy atom. The molecule has 0 spiro atoms. The van der Waals surface area contributed by atoms with Crippen molar-refractivity contribution in [3.05, 3.63) is 72.8 Å². The first-order chi connectivity index (χ1) is 12.3. The standard InChI is InChI=1S/C20H19N5/c1-21-16-11-13-17(14-12-16)24(2)20-22-19-10-6-9-18(25(19)23-20)15-7-4-3-5-8-15/h3-14,21H,1-2H3. The highest BCUT2D eigenvalue weighted by Crippen LogP contribution is 2.25. The second kappa shape index (κ2) is 6.28. The third-order valence-electron chi connectivity index (χ3n) is 4.26. The highest BCUT2D eigenvalue weighted by atomic mass is 15.4. The Kier molecular flexibility index (Phi) is 3.82. The van der Waals surface area contributed by atoms with E-state index >= 15 is 0 Å². The highest BCUT2D eigenvalue weighted by Gasteiger charge is 2.13. The summed E-state index contributed by atoms with van der Waals surface area (Å²) in [6.07, 6.45) is 0. The van der Waals surface area contributed by atoms with Crippen LogP contribution in [0, 0.1) is 0 Å². The third-order valence-corrected chi connectivity index (χ3v) is 4.26. The molecule has 1 N–H and O–H groups in total. The van der Waals surface area contributed by atoms with Crippen molar-refractivity contribution in [2.24, 2.45) is 0 Å². The van der Waals surface area contributed by atoms with Crippen LogP contribution >= 0.6 is 0 Å². The first-order valence-corrected chi connectivity index (χ1v) is 8.19. The SMILES string of the molecule is CNc1ccc(N(C)c2nc3cccc(-c4ccccc4)n3n2)cc1. The summed E-state index contributed by atoms with van der Waals surface area (Å²) in [5.41, 5.74) is 5.08. The van der Waals surface area contributed by atoms with Crippen LogP contribution in [0.4, 0.5) is 17.3 Å². The molecule has 0 unspecified atom stereocenters. The number of nitrogens with one attached hydrogen (secondary N) is 1. The zero-order valence-corrected chi connectivity index (χ0v) is 14.2. The molecule has 0 atom stereocenters. The number of aromatic nitrogens is 3. The second-order valence-electron chi connectivity index (χ2n) is 5.81. The maximum absolute atomic E-state index is 4.72. The van der Waals surface area contributed by atoms with Gasteiger partial charge >= 0.3 is 0 Å². The fraction of sp³-hybridized carbons (Fsp3) is 0.100. The number of anilines is 3. The summed E-state index contributed by atoms with van der Waals surface area (Å²) in [5.74, 6) is 0.667. The van der Waals surface area contributed by atoms with Crippen molar-refractivity contribution in [1.82, 2.24) is 14.6 Å². The summed E-state index contributed by atoms with van der Waals surface area (Å²) >= 11 is 0. The normalized spacial score (nSPS) is 10.8. The predicted octanol–water partition coefficient (Wildman–Crippen LogP) is 4.21. The molecule has 0 aliphatic rings. The van der Waals surface area contributed by atoms with Gasteiger partial charge in [0.2, 0.25) is 5.95 Å². The van der Waals surface area contributed by atoms with Crippen molar-refractivity contribution in [3.63, 3.8) is 0 Å². The van der Waals surface area contributed by atoms with Crippen LogP contribution in [0.1, 0.15) is 0 Å². The molecule has 0 saturated carbocycles. The number of nitrogens with zero attached hydrogens (tertiary/aromatic N) is 4. The number of hydrogen-bond acceptors (Lipinski definition) is 4. The molecule has 4 aromatic rings.